The largest absolute Gasteiger partial charge is 0.349 e. The lowest BCUT2D eigenvalue weighted by molar-refractivity contribution is -0.132. The molecule has 0 aliphatic carbocycles. The van der Waals surface area contributed by atoms with E-state index in [1.165, 1.54) is 0 Å². The van der Waals surface area contributed by atoms with Gasteiger partial charge < -0.3 is 10.2 Å². The molecular weight excluding hydrogens is 409 g/mol. The van der Waals surface area contributed by atoms with E-state index in [1.54, 1.807) is 17.0 Å². The molecule has 0 unspecified atom stereocenters. The van der Waals surface area contributed by atoms with Gasteiger partial charge in [0.05, 0.1) is 5.56 Å². The van der Waals surface area contributed by atoms with Crippen LogP contribution in [0.5, 0.6) is 0 Å². The van der Waals surface area contributed by atoms with Gasteiger partial charge in [-0.2, -0.15) is 0 Å². The number of benzene rings is 2. The quantitative estimate of drug-likeness (QED) is 0.558. The Morgan fingerprint density at radius 2 is 1.58 bits per heavy atom. The molecule has 2 aromatic rings. The van der Waals surface area contributed by atoms with E-state index < -0.39 is 28.9 Å². The molecule has 0 saturated carbocycles. The van der Waals surface area contributed by atoms with E-state index in [0.29, 0.717) is 37.6 Å². The predicted octanol–water partition coefficient (Wildman–Crippen LogP) is 3.80. The van der Waals surface area contributed by atoms with Crippen molar-refractivity contribution < 1.29 is 27.6 Å². The molecule has 2 aromatic carbocycles. The molecular formula is C23H23F3N2O3. The lowest BCUT2D eigenvalue weighted by Crippen LogP contribution is -2.46. The number of aryl methyl sites for hydroxylation is 1. The molecule has 164 valence electrons. The van der Waals surface area contributed by atoms with Gasteiger partial charge in [-0.3, -0.25) is 14.4 Å². The van der Waals surface area contributed by atoms with Crippen molar-refractivity contribution in [3.63, 3.8) is 0 Å². The average molecular weight is 432 g/mol. The summed E-state index contributed by atoms with van der Waals surface area (Å²) in [6, 6.07) is 8.45. The van der Waals surface area contributed by atoms with E-state index in [1.807, 2.05) is 19.1 Å². The van der Waals surface area contributed by atoms with E-state index in [4.69, 9.17) is 0 Å². The molecule has 5 nitrogen and oxygen atoms in total. The molecule has 0 aromatic heterocycles. The highest BCUT2D eigenvalue weighted by Crippen LogP contribution is 2.18. The Hall–Kier alpha value is -3.16. The van der Waals surface area contributed by atoms with Crippen LogP contribution in [0.15, 0.2) is 36.4 Å². The molecule has 0 spiro atoms. The van der Waals surface area contributed by atoms with Gasteiger partial charge in [0.2, 0.25) is 5.91 Å². The summed E-state index contributed by atoms with van der Waals surface area (Å²) in [5, 5.41) is 2.60. The molecule has 1 fully saturated rings. The molecule has 2 amide bonds. The minimum Gasteiger partial charge on any atom is -0.349 e. The third kappa shape index (κ3) is 5.51. The molecule has 0 atom stereocenters. The Morgan fingerprint density at radius 1 is 0.935 bits per heavy atom. The number of nitrogens with zero attached hydrogens (tertiary/aromatic N) is 1. The van der Waals surface area contributed by atoms with Gasteiger partial charge in [0.1, 0.15) is 0 Å². The fraction of sp³-hybridized carbons (Fsp3) is 0.348. The van der Waals surface area contributed by atoms with Crippen molar-refractivity contribution in [3.8, 4) is 0 Å². The van der Waals surface area contributed by atoms with Gasteiger partial charge in [-0.15, -0.1) is 0 Å². The summed E-state index contributed by atoms with van der Waals surface area (Å²) >= 11 is 0. The van der Waals surface area contributed by atoms with Gasteiger partial charge in [0.15, 0.2) is 23.2 Å². The van der Waals surface area contributed by atoms with E-state index >= 15 is 0 Å². The SMILES string of the molecule is Cc1ccc(C(=O)CCC(=O)N2CCC(NC(=O)c3ccc(F)c(F)c3F)CC2)cc1. The van der Waals surface area contributed by atoms with Gasteiger partial charge in [-0.1, -0.05) is 29.8 Å². The maximum absolute atomic E-state index is 13.8. The van der Waals surface area contributed by atoms with Crippen molar-refractivity contribution >= 4 is 17.6 Å². The molecule has 3 rings (SSSR count). The number of hydrogen-bond donors (Lipinski definition) is 1. The summed E-state index contributed by atoms with van der Waals surface area (Å²) in [5.74, 6) is -5.64. The molecule has 1 aliphatic heterocycles. The number of likely N-dealkylation sites (tertiary alicyclic amines) is 1. The summed E-state index contributed by atoms with van der Waals surface area (Å²) in [6.45, 7) is 2.68. The lowest BCUT2D eigenvalue weighted by Gasteiger charge is -2.32. The first-order chi connectivity index (χ1) is 14.8. The first kappa shape index (κ1) is 22.5. The monoisotopic (exact) mass is 432 g/mol. The van der Waals surface area contributed by atoms with Crippen molar-refractivity contribution in [1.29, 1.82) is 0 Å². The molecule has 1 saturated heterocycles. The number of hydrogen-bond acceptors (Lipinski definition) is 3. The van der Waals surface area contributed by atoms with Crippen molar-refractivity contribution in [2.75, 3.05) is 13.1 Å². The number of amides is 2. The number of rotatable bonds is 6. The third-order valence-corrected chi connectivity index (χ3v) is 5.40. The number of ketones is 1. The number of carbonyl (C=O) groups excluding carboxylic acids is 3. The maximum atomic E-state index is 13.8. The predicted molar refractivity (Wildman–Crippen MR) is 108 cm³/mol. The highest BCUT2D eigenvalue weighted by atomic mass is 19.2. The molecule has 8 heteroatoms. The van der Waals surface area contributed by atoms with E-state index in [2.05, 4.69) is 5.32 Å². The Balaban J connectivity index is 1.46. The zero-order chi connectivity index (χ0) is 22.5. The van der Waals surface area contributed by atoms with Crippen LogP contribution in [0.1, 0.15) is 52.0 Å². The van der Waals surface area contributed by atoms with E-state index in [0.717, 1.165) is 11.6 Å². The van der Waals surface area contributed by atoms with Crippen LogP contribution in [0.2, 0.25) is 0 Å². The average Bonchev–Trinajstić information content (AvgIpc) is 2.76. The molecule has 0 radical (unpaired) electrons. The minimum atomic E-state index is -1.69. The van der Waals surface area contributed by atoms with Crippen molar-refractivity contribution in [2.24, 2.45) is 0 Å². The first-order valence-electron chi connectivity index (χ1n) is 10.1. The second kappa shape index (κ2) is 9.76. The number of nitrogens with one attached hydrogen (secondary N) is 1. The van der Waals surface area contributed by atoms with Crippen molar-refractivity contribution in [1.82, 2.24) is 10.2 Å². The highest BCUT2D eigenvalue weighted by Gasteiger charge is 2.26. The molecule has 1 aliphatic rings. The fourth-order valence-corrected chi connectivity index (χ4v) is 3.50. The standard InChI is InChI=1S/C23H23F3N2O3/c1-14-2-4-15(5-3-14)19(29)8-9-20(30)28-12-10-16(11-13-28)27-23(31)17-6-7-18(24)22(26)21(17)25/h2-7,16H,8-13H2,1H3,(H,27,31). The first-order valence-corrected chi connectivity index (χ1v) is 10.1. The third-order valence-electron chi connectivity index (χ3n) is 5.40. The number of piperidine rings is 1. The van der Waals surface area contributed by atoms with Crippen LogP contribution < -0.4 is 5.32 Å². The van der Waals surface area contributed by atoms with Gasteiger partial charge in [0.25, 0.3) is 5.91 Å². The molecule has 31 heavy (non-hydrogen) atoms. The van der Waals surface area contributed by atoms with Gasteiger partial charge in [-0.25, -0.2) is 13.2 Å². The number of halogens is 3. The lowest BCUT2D eigenvalue weighted by atomic mass is 10.0. The summed E-state index contributed by atoms with van der Waals surface area (Å²) in [7, 11) is 0. The second-order valence-corrected chi connectivity index (χ2v) is 7.64. The van der Waals surface area contributed by atoms with E-state index in [9.17, 15) is 27.6 Å². The van der Waals surface area contributed by atoms with Gasteiger partial charge in [-0.05, 0) is 31.9 Å². The topological polar surface area (TPSA) is 66.5 Å². The van der Waals surface area contributed by atoms with Gasteiger partial charge >= 0.3 is 0 Å². The van der Waals surface area contributed by atoms with Crippen LogP contribution in [-0.4, -0.2) is 41.6 Å². The Labute approximate surface area is 178 Å². The fourth-order valence-electron chi connectivity index (χ4n) is 3.50. The van der Waals surface area contributed by atoms with Crippen LogP contribution in [0.3, 0.4) is 0 Å². The summed E-state index contributed by atoms with van der Waals surface area (Å²) in [6.07, 6.45) is 1.10. The summed E-state index contributed by atoms with van der Waals surface area (Å²) in [4.78, 5) is 38.5. The smallest absolute Gasteiger partial charge is 0.254 e. The van der Waals surface area contributed by atoms with Crippen LogP contribution >= 0.6 is 0 Å². The minimum absolute atomic E-state index is 0.0935. The zero-order valence-corrected chi connectivity index (χ0v) is 17.1. The molecule has 1 heterocycles. The Morgan fingerprint density at radius 3 is 2.23 bits per heavy atom. The van der Waals surface area contributed by atoms with Crippen molar-refractivity contribution in [3.05, 3.63) is 70.5 Å². The number of carbonyl (C=O) groups is 3. The normalized spacial score (nSPS) is 14.4. The second-order valence-electron chi connectivity index (χ2n) is 7.64. The summed E-state index contributed by atoms with van der Waals surface area (Å²) in [5.41, 5.74) is 1.06. The maximum Gasteiger partial charge on any atom is 0.254 e. The Kier molecular flexibility index (Phi) is 7.09. The highest BCUT2D eigenvalue weighted by molar-refractivity contribution is 5.98. The number of Topliss-reactive ketones (excluding diaryl/α,β-unsaturated/α-hetero) is 1. The summed E-state index contributed by atoms with van der Waals surface area (Å²) < 4.78 is 40.1. The van der Waals surface area contributed by atoms with Crippen LogP contribution in [-0.2, 0) is 4.79 Å². The van der Waals surface area contributed by atoms with E-state index in [-0.39, 0.29) is 30.6 Å². The molecule has 0 bridgehead atoms. The molecule has 1 N–H and O–H groups in total. The Bertz CT molecular complexity index is 984. The van der Waals surface area contributed by atoms with Crippen molar-refractivity contribution in [2.45, 2.75) is 38.6 Å². The van der Waals surface area contributed by atoms with Gasteiger partial charge in [0, 0.05) is 37.5 Å². The zero-order valence-electron chi connectivity index (χ0n) is 17.1. The van der Waals surface area contributed by atoms with Crippen LogP contribution in [0.25, 0.3) is 0 Å². The van der Waals surface area contributed by atoms with Crippen LogP contribution in [0.4, 0.5) is 13.2 Å². The van der Waals surface area contributed by atoms with Crippen LogP contribution in [0, 0.1) is 24.4 Å².